The van der Waals surface area contributed by atoms with E-state index in [-0.39, 0.29) is 17.5 Å². The van der Waals surface area contributed by atoms with Crippen molar-refractivity contribution in [1.29, 1.82) is 0 Å². The summed E-state index contributed by atoms with van der Waals surface area (Å²) >= 11 is 0.295. The minimum atomic E-state index is -0.366. The Balaban J connectivity index is 1.77. The number of ether oxygens (including phenoxy) is 1. The van der Waals surface area contributed by atoms with Gasteiger partial charge in [0, 0.05) is 0 Å². The molecule has 2 atom stereocenters. The summed E-state index contributed by atoms with van der Waals surface area (Å²) in [5.41, 5.74) is 0.874. The second-order valence-corrected chi connectivity index (χ2v) is 9.23. The topological polar surface area (TPSA) is 29.5 Å². The molecule has 1 fully saturated rings. The molecule has 2 aromatic rings. The van der Waals surface area contributed by atoms with Crippen LogP contribution in [0.3, 0.4) is 0 Å². The maximum atomic E-state index is 12.5. The van der Waals surface area contributed by atoms with E-state index in [0.29, 0.717) is 15.0 Å². The predicted molar refractivity (Wildman–Crippen MR) is 102 cm³/mol. The van der Waals surface area contributed by atoms with Gasteiger partial charge in [-0.25, -0.2) is 0 Å². The first-order chi connectivity index (χ1) is 12.1. The van der Waals surface area contributed by atoms with Gasteiger partial charge in [-0.15, -0.1) is 0 Å². The molecule has 0 aliphatic carbocycles. The fourth-order valence-corrected chi connectivity index (χ4v) is 5.62. The van der Waals surface area contributed by atoms with E-state index in [1.165, 1.54) is 10.0 Å². The second kappa shape index (κ2) is 8.18. The van der Waals surface area contributed by atoms with Gasteiger partial charge in [0.05, 0.1) is 0 Å². The van der Waals surface area contributed by atoms with Gasteiger partial charge in [0.25, 0.3) is 0 Å². The zero-order valence-corrected chi connectivity index (χ0v) is 16.6. The molecule has 0 amide bonds. The molecule has 3 nitrogen and oxygen atoms in total. The third-order valence-electron chi connectivity index (χ3n) is 4.47. The van der Waals surface area contributed by atoms with Crippen LogP contribution in [0.2, 0.25) is 5.32 Å². The summed E-state index contributed by atoms with van der Waals surface area (Å²) < 4.78 is 7.39. The van der Waals surface area contributed by atoms with Crippen LogP contribution in [0.5, 0.6) is 0 Å². The molecule has 2 unspecified atom stereocenters. The van der Waals surface area contributed by atoms with Crippen LogP contribution in [-0.2, 0) is 16.0 Å². The number of nitrogens with zero attached hydrogens (tertiary/aromatic N) is 1. The number of carbonyl (C=O) groups excluding carboxylic acids is 1. The molecule has 0 radical (unpaired) electrons. The summed E-state index contributed by atoms with van der Waals surface area (Å²) in [7, 11) is 4.02. The summed E-state index contributed by atoms with van der Waals surface area (Å²) in [5.74, 6) is -0.0567. The van der Waals surface area contributed by atoms with Gasteiger partial charge in [0.2, 0.25) is 0 Å². The molecule has 4 heteroatoms. The van der Waals surface area contributed by atoms with Crippen molar-refractivity contribution in [3.05, 3.63) is 66.2 Å². The van der Waals surface area contributed by atoms with Gasteiger partial charge in [0.15, 0.2) is 0 Å². The third kappa shape index (κ3) is 4.94. The zero-order chi connectivity index (χ0) is 17.7. The average molecular weight is 402 g/mol. The number of hydrogen-bond donors (Lipinski definition) is 0. The third-order valence-corrected chi connectivity index (χ3v) is 7.15. The van der Waals surface area contributed by atoms with Crippen molar-refractivity contribution < 1.29 is 9.53 Å². The van der Waals surface area contributed by atoms with Crippen molar-refractivity contribution in [2.24, 2.45) is 5.92 Å². The van der Waals surface area contributed by atoms with E-state index in [9.17, 15) is 4.79 Å². The molecule has 1 heterocycles. The first-order valence-electron chi connectivity index (χ1n) is 8.66. The normalized spacial score (nSPS) is 23.0. The molecule has 2 aromatic carbocycles. The molecule has 0 aromatic heterocycles. The van der Waals surface area contributed by atoms with Gasteiger partial charge in [-0.1, -0.05) is 0 Å². The standard InChI is InChI=1S/C21H25NO2Se/c1-22(2)15-18-14-21(24-20(18)23,13-17-9-5-3-6-10-17)16-25-19-11-7-4-8-12-19/h3-12,18H,13-16H2,1-2H3. The van der Waals surface area contributed by atoms with E-state index < -0.39 is 0 Å². The Morgan fingerprint density at radius 1 is 1.08 bits per heavy atom. The number of cyclic esters (lactones) is 1. The SMILES string of the molecule is CN(C)CC1CC(C[Se]c2ccccc2)(Cc2ccccc2)OC1=O. The molecule has 25 heavy (non-hydrogen) atoms. The summed E-state index contributed by atoms with van der Waals surface area (Å²) in [5, 5.41) is 0.925. The molecule has 1 aliphatic rings. The molecule has 0 N–H and O–H groups in total. The van der Waals surface area contributed by atoms with E-state index >= 15 is 0 Å². The summed E-state index contributed by atoms with van der Waals surface area (Å²) in [6.07, 6.45) is 1.62. The number of esters is 1. The van der Waals surface area contributed by atoms with Crippen molar-refractivity contribution in [1.82, 2.24) is 4.90 Å². The van der Waals surface area contributed by atoms with Crippen LogP contribution >= 0.6 is 0 Å². The Morgan fingerprint density at radius 3 is 2.36 bits per heavy atom. The van der Waals surface area contributed by atoms with Crippen LogP contribution in [0.4, 0.5) is 0 Å². The molecule has 0 spiro atoms. The van der Waals surface area contributed by atoms with Crippen molar-refractivity contribution in [3.8, 4) is 0 Å². The van der Waals surface area contributed by atoms with Gasteiger partial charge in [0.1, 0.15) is 0 Å². The van der Waals surface area contributed by atoms with Gasteiger partial charge in [-0.2, -0.15) is 0 Å². The first kappa shape index (κ1) is 18.2. The first-order valence-corrected chi connectivity index (χ1v) is 10.7. The molecule has 3 rings (SSSR count). The van der Waals surface area contributed by atoms with Gasteiger partial charge < -0.3 is 0 Å². The molecule has 0 bridgehead atoms. The van der Waals surface area contributed by atoms with Crippen LogP contribution in [0, 0.1) is 5.92 Å². The number of rotatable bonds is 7. The van der Waals surface area contributed by atoms with E-state index in [1.807, 2.05) is 26.2 Å². The van der Waals surface area contributed by atoms with Crippen LogP contribution < -0.4 is 4.46 Å². The quantitative estimate of drug-likeness (QED) is 0.527. The summed E-state index contributed by atoms with van der Waals surface area (Å²) in [6, 6.07) is 20.9. The fraction of sp³-hybridized carbons (Fsp3) is 0.381. The van der Waals surface area contributed by atoms with Crippen molar-refractivity contribution in [3.63, 3.8) is 0 Å². The molecule has 1 aliphatic heterocycles. The number of benzene rings is 2. The fourth-order valence-electron chi connectivity index (χ4n) is 3.40. The Bertz CT molecular complexity index is 690. The number of hydrogen-bond acceptors (Lipinski definition) is 3. The molecule has 132 valence electrons. The van der Waals surface area contributed by atoms with Crippen LogP contribution in [0.25, 0.3) is 0 Å². The predicted octanol–water partition coefficient (Wildman–Crippen LogP) is 2.54. The van der Waals surface area contributed by atoms with E-state index in [1.54, 1.807) is 0 Å². The Hall–Kier alpha value is -1.61. The Labute approximate surface area is 156 Å². The maximum absolute atomic E-state index is 12.5. The van der Waals surface area contributed by atoms with Crippen LogP contribution in [-0.4, -0.2) is 52.1 Å². The summed E-state index contributed by atoms with van der Waals surface area (Å²) in [4.78, 5) is 14.6. The Morgan fingerprint density at radius 2 is 1.72 bits per heavy atom. The van der Waals surface area contributed by atoms with Crippen molar-refractivity contribution >= 4 is 25.4 Å². The van der Waals surface area contributed by atoms with E-state index in [4.69, 9.17) is 4.74 Å². The van der Waals surface area contributed by atoms with Gasteiger partial charge in [-0.3, -0.25) is 0 Å². The monoisotopic (exact) mass is 403 g/mol. The molecule has 0 saturated carbocycles. The van der Waals surface area contributed by atoms with E-state index in [2.05, 4.69) is 53.4 Å². The van der Waals surface area contributed by atoms with Crippen molar-refractivity contribution in [2.45, 2.75) is 23.8 Å². The van der Waals surface area contributed by atoms with Crippen LogP contribution in [0.1, 0.15) is 12.0 Å². The molecular weight excluding hydrogens is 377 g/mol. The van der Waals surface area contributed by atoms with Crippen molar-refractivity contribution in [2.75, 3.05) is 20.6 Å². The average Bonchev–Trinajstić information content (AvgIpc) is 2.90. The molecule has 1 saturated heterocycles. The van der Waals surface area contributed by atoms with Gasteiger partial charge >= 0.3 is 156 Å². The van der Waals surface area contributed by atoms with Crippen LogP contribution in [0.15, 0.2) is 60.7 Å². The molecular formula is C21H25NO2Se. The van der Waals surface area contributed by atoms with E-state index in [0.717, 1.165) is 24.7 Å². The van der Waals surface area contributed by atoms with Gasteiger partial charge in [-0.05, 0) is 0 Å². The zero-order valence-electron chi connectivity index (χ0n) is 14.9. The second-order valence-electron chi connectivity index (χ2n) is 7.03. The minimum absolute atomic E-state index is 0.0229. The summed E-state index contributed by atoms with van der Waals surface area (Å²) in [6.45, 7) is 0.758. The Kier molecular flexibility index (Phi) is 5.95. The number of carbonyl (C=O) groups is 1.